The lowest BCUT2D eigenvalue weighted by atomic mass is 9.94. The van der Waals surface area contributed by atoms with Crippen LogP contribution in [0.1, 0.15) is 47.9 Å². The quantitative estimate of drug-likeness (QED) is 0.258. The predicted molar refractivity (Wildman–Crippen MR) is 128 cm³/mol. The summed E-state index contributed by atoms with van der Waals surface area (Å²) >= 11 is 0. The summed E-state index contributed by atoms with van der Waals surface area (Å²) in [5, 5.41) is 0. The van der Waals surface area contributed by atoms with Gasteiger partial charge in [0.15, 0.2) is 17.8 Å². The molecule has 4 aromatic rings. The molecule has 0 aliphatic carbocycles. The number of H-pyrrole nitrogens is 1. The van der Waals surface area contributed by atoms with Gasteiger partial charge in [-0.3, -0.25) is 9.59 Å². The SMILES string of the molecule is Cc1[nH+]cc(CC(=O)c2ccccc2)c(CC(=O)c2ccccc2)c1OC(=O)c1ccccc1.[Br-]. The molecule has 4 rings (SSSR count). The van der Waals surface area contributed by atoms with Gasteiger partial charge < -0.3 is 21.7 Å². The van der Waals surface area contributed by atoms with Gasteiger partial charge in [0.25, 0.3) is 0 Å². The van der Waals surface area contributed by atoms with Crippen molar-refractivity contribution >= 4 is 17.5 Å². The molecule has 0 fully saturated rings. The highest BCUT2D eigenvalue weighted by molar-refractivity contribution is 6.00. The molecule has 0 spiro atoms. The van der Waals surface area contributed by atoms with Crippen LogP contribution in [-0.4, -0.2) is 17.5 Å². The maximum absolute atomic E-state index is 13.1. The van der Waals surface area contributed by atoms with Gasteiger partial charge in [-0.1, -0.05) is 78.9 Å². The van der Waals surface area contributed by atoms with Crippen LogP contribution in [0.15, 0.2) is 97.2 Å². The summed E-state index contributed by atoms with van der Waals surface area (Å²) in [6.45, 7) is 1.77. The highest BCUT2D eigenvalue weighted by Crippen LogP contribution is 2.27. The van der Waals surface area contributed by atoms with E-state index in [-0.39, 0.29) is 47.1 Å². The van der Waals surface area contributed by atoms with Gasteiger partial charge in [0.1, 0.15) is 0 Å². The standard InChI is InChI=1S/C29H23NO4.BrH/c1-20-28(34-29(33)23-15-9-4-10-16-23)25(18-27(32)22-13-7-3-8-14-22)24(19-30-20)17-26(31)21-11-5-2-6-12-21;/h2-16,19H,17-18H2,1H3;1H. The van der Waals surface area contributed by atoms with Crippen molar-refractivity contribution in [3.05, 3.63) is 131 Å². The van der Waals surface area contributed by atoms with Gasteiger partial charge in [-0.2, -0.15) is 0 Å². The average Bonchev–Trinajstić information content (AvgIpc) is 2.89. The Balaban J connectivity index is 0.00000342. The number of benzene rings is 3. The molecule has 1 heterocycles. The number of hydrogen-bond acceptors (Lipinski definition) is 4. The van der Waals surface area contributed by atoms with E-state index in [1.54, 1.807) is 85.9 Å². The number of ketones is 2. The Kier molecular flexibility index (Phi) is 8.81. The number of esters is 1. The van der Waals surface area contributed by atoms with E-state index in [0.717, 1.165) is 0 Å². The highest BCUT2D eigenvalue weighted by Gasteiger charge is 2.25. The van der Waals surface area contributed by atoms with Crippen LogP contribution in [0, 0.1) is 6.92 Å². The molecule has 1 aromatic heterocycles. The van der Waals surface area contributed by atoms with Crippen molar-refractivity contribution in [3.63, 3.8) is 0 Å². The van der Waals surface area contributed by atoms with Crippen LogP contribution >= 0.6 is 0 Å². The predicted octanol–water partition coefficient (Wildman–Crippen LogP) is 1.88. The lowest BCUT2D eigenvalue weighted by Gasteiger charge is -2.13. The number of aromatic nitrogens is 1. The van der Waals surface area contributed by atoms with E-state index in [1.807, 2.05) is 18.2 Å². The van der Waals surface area contributed by atoms with Crippen LogP contribution in [0.4, 0.5) is 0 Å². The van der Waals surface area contributed by atoms with Gasteiger partial charge in [0.05, 0.1) is 5.56 Å². The Bertz CT molecular complexity index is 1320. The van der Waals surface area contributed by atoms with Crippen LogP contribution in [0.5, 0.6) is 5.75 Å². The first kappa shape index (κ1) is 25.7. The Hall–Kier alpha value is -3.90. The van der Waals surface area contributed by atoms with Crippen LogP contribution in [0.25, 0.3) is 0 Å². The van der Waals surface area contributed by atoms with Crippen molar-refractivity contribution < 1.29 is 41.1 Å². The number of carbonyl (C=O) groups is 3. The second-order valence-corrected chi connectivity index (χ2v) is 7.93. The van der Waals surface area contributed by atoms with Crippen molar-refractivity contribution in [2.45, 2.75) is 19.8 Å². The van der Waals surface area contributed by atoms with Gasteiger partial charge in [0.2, 0.25) is 11.4 Å². The Morgan fingerprint density at radius 1 is 0.686 bits per heavy atom. The van der Waals surface area contributed by atoms with Crippen LogP contribution < -0.4 is 26.7 Å². The molecule has 0 saturated carbocycles. The van der Waals surface area contributed by atoms with E-state index >= 15 is 0 Å². The lowest BCUT2D eigenvalue weighted by molar-refractivity contribution is -0.389. The van der Waals surface area contributed by atoms with Crippen molar-refractivity contribution in [3.8, 4) is 5.75 Å². The summed E-state index contributed by atoms with van der Waals surface area (Å²) in [4.78, 5) is 42.0. The van der Waals surface area contributed by atoms with Crippen molar-refractivity contribution in [2.75, 3.05) is 0 Å². The van der Waals surface area contributed by atoms with Gasteiger partial charge in [-0.15, -0.1) is 0 Å². The molecule has 1 N–H and O–H groups in total. The molecule has 5 nitrogen and oxygen atoms in total. The minimum Gasteiger partial charge on any atom is -1.00 e. The molecule has 0 saturated heterocycles. The van der Waals surface area contributed by atoms with E-state index in [9.17, 15) is 14.4 Å². The second kappa shape index (κ2) is 12.0. The first-order chi connectivity index (χ1) is 16.5. The number of Topliss-reactive ketones (excluding diaryl/α,β-unsaturated/α-hetero) is 2. The number of nitrogens with one attached hydrogen (secondary N) is 1. The molecular weight excluding hydrogens is 506 g/mol. The molecule has 176 valence electrons. The number of pyridine rings is 1. The first-order valence-corrected chi connectivity index (χ1v) is 11.0. The van der Waals surface area contributed by atoms with Crippen LogP contribution in [0.3, 0.4) is 0 Å². The first-order valence-electron chi connectivity index (χ1n) is 11.0. The fourth-order valence-corrected chi connectivity index (χ4v) is 3.72. The number of aromatic amines is 1. The van der Waals surface area contributed by atoms with E-state index < -0.39 is 5.97 Å². The summed E-state index contributed by atoms with van der Waals surface area (Å²) in [5.74, 6) is -0.475. The maximum Gasteiger partial charge on any atom is 0.343 e. The number of aryl methyl sites for hydroxylation is 1. The van der Waals surface area contributed by atoms with Crippen molar-refractivity contribution in [1.82, 2.24) is 0 Å². The molecule has 0 bridgehead atoms. The normalized spacial score (nSPS) is 10.2. The molecule has 0 aliphatic heterocycles. The highest BCUT2D eigenvalue weighted by atomic mass is 79.9. The Morgan fingerprint density at radius 2 is 1.14 bits per heavy atom. The van der Waals surface area contributed by atoms with Gasteiger partial charge in [-0.05, 0) is 12.1 Å². The van der Waals surface area contributed by atoms with Gasteiger partial charge in [0, 0.05) is 42.0 Å². The Morgan fingerprint density at radius 3 is 1.66 bits per heavy atom. The number of halogens is 1. The fourth-order valence-electron chi connectivity index (χ4n) is 3.72. The maximum atomic E-state index is 13.1. The molecule has 3 aromatic carbocycles. The third-order valence-electron chi connectivity index (χ3n) is 5.55. The minimum absolute atomic E-state index is 0. The van der Waals surface area contributed by atoms with E-state index in [4.69, 9.17) is 4.74 Å². The van der Waals surface area contributed by atoms with E-state index in [2.05, 4.69) is 4.98 Å². The third kappa shape index (κ3) is 6.37. The van der Waals surface area contributed by atoms with Crippen LogP contribution in [0.2, 0.25) is 0 Å². The van der Waals surface area contributed by atoms with Crippen molar-refractivity contribution in [1.29, 1.82) is 0 Å². The summed E-state index contributed by atoms with van der Waals surface area (Å²) < 4.78 is 5.79. The molecule has 0 aliphatic rings. The Labute approximate surface area is 214 Å². The molecule has 0 amide bonds. The third-order valence-corrected chi connectivity index (χ3v) is 5.55. The zero-order valence-corrected chi connectivity index (χ0v) is 20.7. The van der Waals surface area contributed by atoms with E-state index in [1.165, 1.54) is 0 Å². The zero-order chi connectivity index (χ0) is 23.9. The molecule has 0 unspecified atom stereocenters. The van der Waals surface area contributed by atoms with E-state index in [0.29, 0.717) is 33.5 Å². The lowest BCUT2D eigenvalue weighted by Crippen LogP contribution is -3.00. The number of ether oxygens (including phenoxy) is 1. The van der Waals surface area contributed by atoms with Crippen molar-refractivity contribution in [2.24, 2.45) is 0 Å². The monoisotopic (exact) mass is 529 g/mol. The zero-order valence-electron chi connectivity index (χ0n) is 19.2. The van der Waals surface area contributed by atoms with Gasteiger partial charge >= 0.3 is 5.97 Å². The molecule has 6 heteroatoms. The summed E-state index contributed by atoms with van der Waals surface area (Å²) in [6.07, 6.45) is 1.77. The number of carbonyl (C=O) groups excluding carboxylic acids is 3. The second-order valence-electron chi connectivity index (χ2n) is 7.93. The topological polar surface area (TPSA) is 74.6 Å². The fraction of sp³-hybridized carbons (Fsp3) is 0.103. The smallest absolute Gasteiger partial charge is 0.343 e. The average molecular weight is 530 g/mol. The summed E-state index contributed by atoms with van der Waals surface area (Å²) in [6, 6.07) is 26.6. The van der Waals surface area contributed by atoms with Gasteiger partial charge in [-0.25, -0.2) is 9.78 Å². The molecule has 0 radical (unpaired) electrons. The molecule has 0 atom stereocenters. The number of hydrogen-bond donors (Lipinski definition) is 0. The molecule has 35 heavy (non-hydrogen) atoms. The minimum atomic E-state index is -0.531. The largest absolute Gasteiger partial charge is 1.00 e. The van der Waals surface area contributed by atoms with Crippen LogP contribution in [-0.2, 0) is 12.8 Å². The summed E-state index contributed by atoms with van der Waals surface area (Å²) in [7, 11) is 0. The number of rotatable bonds is 8. The summed E-state index contributed by atoms with van der Waals surface area (Å²) in [5.41, 5.74) is 3.25. The molecular formula is C29H24BrNO4.